The van der Waals surface area contributed by atoms with Crippen molar-refractivity contribution in [2.45, 2.75) is 64.7 Å². The fraction of sp³-hybridized carbons (Fsp3) is 0.435. The van der Waals surface area contributed by atoms with Crippen molar-refractivity contribution in [1.29, 1.82) is 0 Å². The number of hydrogen-bond acceptors (Lipinski definition) is 0. The van der Waals surface area contributed by atoms with Crippen molar-refractivity contribution in [3.8, 4) is 0 Å². The third kappa shape index (κ3) is 5.89. The molecule has 0 fully saturated rings. The lowest BCUT2D eigenvalue weighted by Gasteiger charge is -2.25. The second-order valence-electron chi connectivity index (χ2n) is 9.71. The number of hydrogen-bond donors (Lipinski definition) is 0. The van der Waals surface area contributed by atoms with E-state index < -0.39 is 40.2 Å². The van der Waals surface area contributed by atoms with E-state index in [2.05, 4.69) is 36.6 Å². The van der Waals surface area contributed by atoms with Crippen molar-refractivity contribution in [2.75, 3.05) is 0 Å². The lowest BCUT2D eigenvalue weighted by molar-refractivity contribution is -0.144. The van der Waals surface area contributed by atoms with E-state index in [1.807, 2.05) is 20.8 Å². The summed E-state index contributed by atoms with van der Waals surface area (Å²) in [6.07, 6.45) is -10.3. The fourth-order valence-corrected chi connectivity index (χ4v) is 4.80. The monoisotopic (exact) mass is 598 g/mol. The van der Waals surface area contributed by atoms with Gasteiger partial charge in [0, 0.05) is 8.95 Å². The number of halogens is 8. The molecule has 2 aromatic rings. The van der Waals surface area contributed by atoms with Gasteiger partial charge in [0.25, 0.3) is 0 Å². The summed E-state index contributed by atoms with van der Waals surface area (Å²) in [4.78, 5) is 2.94. The highest BCUT2D eigenvalue weighted by Crippen LogP contribution is 2.44. The second kappa shape index (κ2) is 8.86. The SMILES string of the molecule is CC(C)(C)c1cc(Br)c(C(=[N+]=[N-])c2c(C(F)(F)F)cc(C(C)(C)C)cc2C(F)(F)F)c(Br)c1. The van der Waals surface area contributed by atoms with Crippen LogP contribution in [0.4, 0.5) is 26.3 Å². The molecular formula is C23H22Br2F6N2. The van der Waals surface area contributed by atoms with Crippen molar-refractivity contribution >= 4 is 37.6 Å². The molecule has 10 heteroatoms. The van der Waals surface area contributed by atoms with E-state index in [-0.39, 0.29) is 25.5 Å². The van der Waals surface area contributed by atoms with Crippen LogP contribution in [0.25, 0.3) is 5.53 Å². The van der Waals surface area contributed by atoms with Gasteiger partial charge in [0.1, 0.15) is 0 Å². The first-order chi connectivity index (χ1) is 14.7. The molecule has 0 aromatic heterocycles. The van der Waals surface area contributed by atoms with E-state index in [1.165, 1.54) is 20.8 Å². The van der Waals surface area contributed by atoms with Crippen LogP contribution in [-0.4, -0.2) is 10.5 Å². The number of alkyl halides is 6. The Labute approximate surface area is 205 Å². The number of benzene rings is 2. The summed E-state index contributed by atoms with van der Waals surface area (Å²) in [6.45, 7) is 10.2. The van der Waals surface area contributed by atoms with Crippen molar-refractivity contribution < 1.29 is 31.1 Å². The molecule has 0 aliphatic carbocycles. The molecule has 0 spiro atoms. The predicted octanol–water partition coefficient (Wildman–Crippen LogP) is 8.91. The van der Waals surface area contributed by atoms with Crippen molar-refractivity contribution in [3.63, 3.8) is 0 Å². The Bertz CT molecular complexity index is 1070. The third-order valence-electron chi connectivity index (χ3n) is 5.10. The first-order valence-corrected chi connectivity index (χ1v) is 11.3. The van der Waals surface area contributed by atoms with E-state index in [0.717, 1.165) is 5.56 Å². The predicted molar refractivity (Wildman–Crippen MR) is 123 cm³/mol. The van der Waals surface area contributed by atoms with Gasteiger partial charge in [-0.25, -0.2) is 0 Å². The molecular weight excluding hydrogens is 578 g/mol. The Morgan fingerprint density at radius 1 is 0.667 bits per heavy atom. The van der Waals surface area contributed by atoms with Gasteiger partial charge in [0.2, 0.25) is 0 Å². The summed E-state index contributed by atoms with van der Waals surface area (Å²) < 4.78 is 84.9. The maximum absolute atomic E-state index is 14.1. The molecule has 0 unspecified atom stereocenters. The van der Waals surface area contributed by atoms with Crippen molar-refractivity contribution in [2.24, 2.45) is 0 Å². The molecule has 0 atom stereocenters. The number of rotatable bonds is 2. The van der Waals surface area contributed by atoms with Gasteiger partial charge in [-0.05, 0) is 78.1 Å². The molecule has 0 N–H and O–H groups in total. The van der Waals surface area contributed by atoms with Crippen LogP contribution in [0.2, 0.25) is 0 Å². The summed E-state index contributed by atoms with van der Waals surface area (Å²) in [5, 5.41) is 0. The normalized spacial score (nSPS) is 13.2. The van der Waals surface area contributed by atoms with Crippen LogP contribution < -0.4 is 0 Å². The average molecular weight is 600 g/mol. The number of nitrogens with zero attached hydrogens (tertiary/aromatic N) is 2. The molecule has 2 aromatic carbocycles. The van der Waals surface area contributed by atoms with Gasteiger partial charge in [0.15, 0.2) is 0 Å². The van der Waals surface area contributed by atoms with Crippen molar-refractivity contribution in [1.82, 2.24) is 0 Å². The zero-order valence-electron chi connectivity index (χ0n) is 18.7. The maximum atomic E-state index is 14.1. The van der Waals surface area contributed by atoms with Gasteiger partial charge in [0.05, 0.1) is 22.3 Å². The Hall–Kier alpha value is -1.64. The summed E-state index contributed by atoms with van der Waals surface area (Å²) in [6, 6.07) is 4.52. The lowest BCUT2D eigenvalue weighted by Crippen LogP contribution is -2.25. The zero-order chi connectivity index (χ0) is 25.7. The van der Waals surface area contributed by atoms with Crippen LogP contribution >= 0.6 is 31.9 Å². The second-order valence-corrected chi connectivity index (χ2v) is 11.4. The molecule has 2 nitrogen and oxygen atoms in total. The molecule has 0 aliphatic rings. The Morgan fingerprint density at radius 2 is 1.00 bits per heavy atom. The minimum atomic E-state index is -5.14. The summed E-state index contributed by atoms with van der Waals surface area (Å²) in [5.74, 6) is 0. The standard InChI is InChI=1S/C23H22Br2F6N2/c1-20(2,3)11-7-13(22(26,27)28)17(14(8-11)23(29,30)31)19(33-32)18-15(24)9-12(10-16(18)25)21(4,5)6/h7-10H,1-6H3. The topological polar surface area (TPSA) is 36.4 Å². The average Bonchev–Trinajstić information content (AvgIpc) is 2.60. The van der Waals surface area contributed by atoms with E-state index in [4.69, 9.17) is 0 Å². The molecule has 0 aliphatic heterocycles. The van der Waals surface area contributed by atoms with E-state index >= 15 is 0 Å². The zero-order valence-corrected chi connectivity index (χ0v) is 21.9. The van der Waals surface area contributed by atoms with Crippen LogP contribution in [0, 0.1) is 0 Å². The van der Waals surface area contributed by atoms with E-state index in [9.17, 15) is 31.9 Å². The summed E-state index contributed by atoms with van der Waals surface area (Å²) >= 11 is 6.48. The van der Waals surface area contributed by atoms with Gasteiger partial charge in [-0.3, -0.25) is 0 Å². The molecule has 0 saturated heterocycles. The summed E-state index contributed by atoms with van der Waals surface area (Å²) in [7, 11) is 0. The Balaban J connectivity index is 3.06. The first kappa shape index (κ1) is 27.6. The quantitative estimate of drug-likeness (QED) is 0.143. The van der Waals surface area contributed by atoms with Crippen molar-refractivity contribution in [3.05, 3.63) is 72.1 Å². The first-order valence-electron chi connectivity index (χ1n) is 9.74. The largest absolute Gasteiger partial charge is 0.417 e. The minimum Gasteiger partial charge on any atom is -0.361 e. The van der Waals surface area contributed by atoms with E-state index in [0.29, 0.717) is 12.1 Å². The van der Waals surface area contributed by atoms with Gasteiger partial charge in [-0.2, -0.15) is 31.1 Å². The van der Waals surface area contributed by atoms with Gasteiger partial charge < -0.3 is 5.53 Å². The molecule has 0 bridgehead atoms. The highest BCUT2D eigenvalue weighted by Gasteiger charge is 2.46. The van der Waals surface area contributed by atoms with E-state index in [1.54, 1.807) is 12.1 Å². The van der Waals surface area contributed by atoms with Crippen LogP contribution in [0.3, 0.4) is 0 Å². The molecule has 2 rings (SSSR count). The smallest absolute Gasteiger partial charge is 0.361 e. The van der Waals surface area contributed by atoms with Crippen LogP contribution in [0.5, 0.6) is 0 Å². The minimum absolute atomic E-state index is 0.134. The molecule has 0 heterocycles. The van der Waals surface area contributed by atoms with Crippen LogP contribution in [0.1, 0.15) is 74.9 Å². The van der Waals surface area contributed by atoms with Gasteiger partial charge in [-0.1, -0.05) is 41.5 Å². The maximum Gasteiger partial charge on any atom is 0.417 e. The Kier molecular flexibility index (Phi) is 7.41. The van der Waals surface area contributed by atoms with Crippen LogP contribution in [-0.2, 0) is 23.2 Å². The fourth-order valence-electron chi connectivity index (χ4n) is 3.23. The van der Waals surface area contributed by atoms with Gasteiger partial charge >= 0.3 is 18.1 Å². The van der Waals surface area contributed by atoms with Crippen LogP contribution in [0.15, 0.2) is 33.2 Å². The molecule has 0 radical (unpaired) electrons. The summed E-state index contributed by atoms with van der Waals surface area (Å²) in [5.41, 5.74) is 3.70. The molecule has 0 amide bonds. The molecule has 0 saturated carbocycles. The molecule has 33 heavy (non-hydrogen) atoms. The highest BCUT2D eigenvalue weighted by atomic mass is 79.9. The lowest BCUT2D eigenvalue weighted by atomic mass is 9.81. The van der Waals surface area contributed by atoms with Gasteiger partial charge in [-0.15, -0.1) is 0 Å². The molecule has 180 valence electrons. The Morgan fingerprint density at radius 3 is 1.27 bits per heavy atom. The highest BCUT2D eigenvalue weighted by molar-refractivity contribution is 9.11. The third-order valence-corrected chi connectivity index (χ3v) is 6.35.